The van der Waals surface area contributed by atoms with E-state index in [2.05, 4.69) is 15.0 Å². The first-order valence-electron chi connectivity index (χ1n) is 6.01. The summed E-state index contributed by atoms with van der Waals surface area (Å²) >= 11 is 0. The number of fused-ring (bicyclic) bond motifs is 1. The van der Waals surface area contributed by atoms with Gasteiger partial charge < -0.3 is 25.6 Å². The Labute approximate surface area is 108 Å². The number of hydrogen-bond donors (Lipinski definition) is 4. The molecule has 2 aromatic rings. The minimum atomic E-state index is -0.740. The Morgan fingerprint density at radius 1 is 1.16 bits per heavy atom. The van der Waals surface area contributed by atoms with Crippen molar-refractivity contribution in [2.75, 3.05) is 18.9 Å². The molecule has 0 bridgehead atoms. The Bertz CT molecular complexity index is 601. The molecule has 102 valence electrons. The molecule has 0 saturated heterocycles. The Hall–Kier alpha value is -1.77. The number of nitrogen functional groups attached to an aromatic ring is 1. The van der Waals surface area contributed by atoms with Gasteiger partial charge in [-0.25, -0.2) is 15.0 Å². The van der Waals surface area contributed by atoms with Gasteiger partial charge in [0.05, 0.1) is 18.5 Å². The minimum absolute atomic E-state index is 0.118. The van der Waals surface area contributed by atoms with Crippen LogP contribution < -0.4 is 5.73 Å². The lowest BCUT2D eigenvalue weighted by Crippen LogP contribution is -2.55. The zero-order chi connectivity index (χ0) is 13.6. The molecule has 1 aliphatic rings. The highest BCUT2D eigenvalue weighted by Gasteiger charge is 2.50. The maximum Gasteiger partial charge on any atom is 0.165 e. The van der Waals surface area contributed by atoms with Crippen molar-refractivity contribution in [1.82, 2.24) is 19.5 Å². The number of aromatic nitrogens is 4. The zero-order valence-electron chi connectivity index (χ0n) is 10.1. The molecular weight excluding hydrogens is 250 g/mol. The van der Waals surface area contributed by atoms with Crippen molar-refractivity contribution < 1.29 is 15.3 Å². The second-order valence-electron chi connectivity index (χ2n) is 4.76. The lowest BCUT2D eigenvalue weighted by atomic mass is 9.67. The van der Waals surface area contributed by atoms with E-state index in [1.165, 1.54) is 12.7 Å². The summed E-state index contributed by atoms with van der Waals surface area (Å²) < 4.78 is 1.69. The van der Waals surface area contributed by atoms with E-state index in [0.717, 1.165) is 0 Å². The quantitative estimate of drug-likeness (QED) is 0.533. The molecule has 19 heavy (non-hydrogen) atoms. The van der Waals surface area contributed by atoms with Crippen LogP contribution in [0.3, 0.4) is 0 Å². The third-order valence-corrected chi connectivity index (χ3v) is 3.91. The average Bonchev–Trinajstić information content (AvgIpc) is 2.81. The van der Waals surface area contributed by atoms with Gasteiger partial charge in [0.25, 0.3) is 0 Å². The summed E-state index contributed by atoms with van der Waals surface area (Å²) in [6.45, 7) is -0.278. The Kier molecular flexibility index (Phi) is 2.85. The van der Waals surface area contributed by atoms with Crippen LogP contribution in [0.1, 0.15) is 6.04 Å². The highest BCUT2D eigenvalue weighted by Crippen LogP contribution is 2.44. The number of hydrogen-bond acceptors (Lipinski definition) is 7. The maximum atomic E-state index is 10.1. The monoisotopic (exact) mass is 265 g/mol. The van der Waals surface area contributed by atoms with Crippen molar-refractivity contribution in [1.29, 1.82) is 0 Å². The Morgan fingerprint density at radius 3 is 2.58 bits per heavy atom. The van der Waals surface area contributed by atoms with Crippen LogP contribution >= 0.6 is 0 Å². The molecule has 1 fully saturated rings. The van der Waals surface area contributed by atoms with Crippen LogP contribution in [-0.2, 0) is 0 Å². The van der Waals surface area contributed by atoms with Crippen molar-refractivity contribution in [3.8, 4) is 0 Å². The van der Waals surface area contributed by atoms with Gasteiger partial charge in [-0.1, -0.05) is 0 Å². The summed E-state index contributed by atoms with van der Waals surface area (Å²) in [5, 5.41) is 28.7. The second kappa shape index (κ2) is 4.41. The first-order valence-corrected chi connectivity index (χ1v) is 6.01. The van der Waals surface area contributed by atoms with E-state index < -0.39 is 6.10 Å². The van der Waals surface area contributed by atoms with E-state index in [0.29, 0.717) is 11.2 Å². The van der Waals surface area contributed by atoms with Gasteiger partial charge in [-0.3, -0.25) is 0 Å². The van der Waals surface area contributed by atoms with Crippen molar-refractivity contribution in [2.45, 2.75) is 12.1 Å². The van der Waals surface area contributed by atoms with Crippen molar-refractivity contribution in [3.63, 3.8) is 0 Å². The Balaban J connectivity index is 2.03. The number of anilines is 1. The molecule has 8 nitrogen and oxygen atoms in total. The fourth-order valence-electron chi connectivity index (χ4n) is 2.81. The predicted octanol–water partition coefficient (Wildman–Crippen LogP) is -1.46. The predicted molar refractivity (Wildman–Crippen MR) is 65.9 cm³/mol. The average molecular weight is 265 g/mol. The highest BCUT2D eigenvalue weighted by molar-refractivity contribution is 5.81. The summed E-state index contributed by atoms with van der Waals surface area (Å²) in [5.41, 5.74) is 6.70. The van der Waals surface area contributed by atoms with Gasteiger partial charge >= 0.3 is 0 Å². The van der Waals surface area contributed by atoms with E-state index in [9.17, 15) is 15.3 Å². The SMILES string of the molecule is Nc1ncnc2c1ncn2[C@@H]1[C@@H](O)[C@H](CO)[C@@H]1CO. The van der Waals surface area contributed by atoms with Crippen molar-refractivity contribution in [2.24, 2.45) is 11.8 Å². The molecule has 0 radical (unpaired) electrons. The van der Waals surface area contributed by atoms with Crippen LogP contribution in [0, 0.1) is 11.8 Å². The molecule has 4 atom stereocenters. The molecule has 5 N–H and O–H groups in total. The molecular formula is C11H15N5O3. The number of aliphatic hydroxyl groups is 3. The summed E-state index contributed by atoms with van der Waals surface area (Å²) in [6.07, 6.45) is 2.12. The maximum absolute atomic E-state index is 10.1. The third kappa shape index (κ3) is 1.61. The van der Waals surface area contributed by atoms with E-state index >= 15 is 0 Å². The summed E-state index contributed by atoms with van der Waals surface area (Å²) in [4.78, 5) is 12.1. The standard InChI is InChI=1S/C11H15N5O3/c12-10-7-11(14-3-13-10)16(4-15-7)8-5(1-17)6(2-18)9(8)19/h3-6,8-9,17-19H,1-2H2,(H2,12,13,14)/t5-,6+,8-,9-/m0/s1. The largest absolute Gasteiger partial charge is 0.396 e. The summed E-state index contributed by atoms with van der Waals surface area (Å²) in [6, 6.07) is -0.360. The van der Waals surface area contributed by atoms with Gasteiger partial charge in [0.1, 0.15) is 11.8 Å². The second-order valence-corrected chi connectivity index (χ2v) is 4.76. The van der Waals surface area contributed by atoms with Crippen LogP contribution in [0.4, 0.5) is 5.82 Å². The molecule has 0 unspecified atom stereocenters. The normalized spacial score (nSPS) is 30.5. The number of nitrogens with two attached hydrogens (primary N) is 1. The van der Waals surface area contributed by atoms with Crippen LogP contribution in [0.15, 0.2) is 12.7 Å². The van der Waals surface area contributed by atoms with Gasteiger partial charge in [0, 0.05) is 25.0 Å². The van der Waals surface area contributed by atoms with Gasteiger partial charge in [0.15, 0.2) is 11.5 Å². The first kappa shape index (κ1) is 12.3. The van der Waals surface area contributed by atoms with Crippen molar-refractivity contribution in [3.05, 3.63) is 12.7 Å². The molecule has 8 heteroatoms. The molecule has 2 heterocycles. The minimum Gasteiger partial charge on any atom is -0.396 e. The van der Waals surface area contributed by atoms with Gasteiger partial charge in [0.2, 0.25) is 0 Å². The third-order valence-electron chi connectivity index (χ3n) is 3.91. The lowest BCUT2D eigenvalue weighted by Gasteiger charge is -2.48. The Morgan fingerprint density at radius 2 is 1.89 bits per heavy atom. The topological polar surface area (TPSA) is 130 Å². The number of aliphatic hydroxyl groups excluding tert-OH is 3. The smallest absolute Gasteiger partial charge is 0.165 e. The fourth-order valence-corrected chi connectivity index (χ4v) is 2.81. The molecule has 0 amide bonds. The van der Waals surface area contributed by atoms with Crippen LogP contribution in [0.25, 0.3) is 11.2 Å². The molecule has 0 aromatic carbocycles. The number of imidazole rings is 1. The van der Waals surface area contributed by atoms with Gasteiger partial charge in [-0.15, -0.1) is 0 Å². The van der Waals surface area contributed by atoms with E-state index in [-0.39, 0.29) is 36.9 Å². The van der Waals surface area contributed by atoms with Crippen LogP contribution in [-0.4, -0.2) is 54.2 Å². The van der Waals surface area contributed by atoms with Crippen LogP contribution in [0.2, 0.25) is 0 Å². The lowest BCUT2D eigenvalue weighted by molar-refractivity contribution is -0.126. The molecule has 1 saturated carbocycles. The van der Waals surface area contributed by atoms with E-state index in [4.69, 9.17) is 5.73 Å². The number of nitrogens with zero attached hydrogens (tertiary/aromatic N) is 4. The zero-order valence-corrected chi connectivity index (χ0v) is 10.1. The number of rotatable bonds is 3. The fraction of sp³-hybridized carbons (Fsp3) is 0.545. The molecule has 2 aromatic heterocycles. The molecule has 1 aliphatic carbocycles. The highest BCUT2D eigenvalue weighted by atomic mass is 16.3. The van der Waals surface area contributed by atoms with Crippen LogP contribution in [0.5, 0.6) is 0 Å². The molecule has 0 aliphatic heterocycles. The molecule has 3 rings (SSSR count). The van der Waals surface area contributed by atoms with Gasteiger partial charge in [-0.05, 0) is 0 Å². The van der Waals surface area contributed by atoms with E-state index in [1.54, 1.807) is 4.57 Å². The first-order chi connectivity index (χ1) is 9.19. The van der Waals surface area contributed by atoms with Crippen molar-refractivity contribution >= 4 is 17.0 Å². The summed E-state index contributed by atoms with van der Waals surface area (Å²) in [5.74, 6) is -0.281. The summed E-state index contributed by atoms with van der Waals surface area (Å²) in [7, 11) is 0. The molecule has 0 spiro atoms. The van der Waals surface area contributed by atoms with Gasteiger partial charge in [-0.2, -0.15) is 0 Å². The van der Waals surface area contributed by atoms with E-state index in [1.807, 2.05) is 0 Å².